The highest BCUT2D eigenvalue weighted by Gasteiger charge is 2.12. The minimum absolute atomic E-state index is 0.211. The van der Waals surface area contributed by atoms with Gasteiger partial charge in [-0.05, 0) is 42.3 Å². The molecule has 0 aliphatic heterocycles. The highest BCUT2D eigenvalue weighted by Crippen LogP contribution is 2.13. The molecule has 0 aliphatic rings. The number of sulfonamides is 1. The third-order valence-corrected chi connectivity index (χ3v) is 4.28. The predicted octanol–water partition coefficient (Wildman–Crippen LogP) is 2.26. The van der Waals surface area contributed by atoms with Crippen LogP contribution in [-0.2, 0) is 16.4 Å². The van der Waals surface area contributed by atoms with Gasteiger partial charge in [-0.25, -0.2) is 13.1 Å². The van der Waals surface area contributed by atoms with Gasteiger partial charge in [-0.1, -0.05) is 17.7 Å². The Kier molecular flexibility index (Phi) is 4.52. The molecule has 100 valence electrons. The molecule has 4 nitrogen and oxygen atoms in total. The van der Waals surface area contributed by atoms with Crippen LogP contribution in [0, 0.1) is 0 Å². The molecule has 0 spiro atoms. The number of rotatable bonds is 5. The van der Waals surface area contributed by atoms with Crippen molar-refractivity contribution in [3.63, 3.8) is 0 Å². The Bertz CT molecular complexity index is 627. The van der Waals surface area contributed by atoms with Crippen molar-refractivity contribution in [2.45, 2.75) is 11.3 Å². The van der Waals surface area contributed by atoms with E-state index in [1.165, 1.54) is 12.1 Å². The Morgan fingerprint density at radius 3 is 2.53 bits per heavy atom. The van der Waals surface area contributed by atoms with Crippen LogP contribution in [0.25, 0.3) is 0 Å². The quantitative estimate of drug-likeness (QED) is 0.920. The van der Waals surface area contributed by atoms with Crippen LogP contribution in [0.2, 0.25) is 5.02 Å². The van der Waals surface area contributed by atoms with Crippen LogP contribution in [0.4, 0.5) is 0 Å². The first-order valence-electron chi connectivity index (χ1n) is 5.72. The average molecular weight is 297 g/mol. The minimum atomic E-state index is -3.48. The summed E-state index contributed by atoms with van der Waals surface area (Å²) >= 11 is 5.72. The van der Waals surface area contributed by atoms with Gasteiger partial charge in [0.15, 0.2) is 0 Å². The smallest absolute Gasteiger partial charge is 0.240 e. The van der Waals surface area contributed by atoms with Crippen molar-refractivity contribution in [3.05, 3.63) is 59.4 Å². The van der Waals surface area contributed by atoms with E-state index in [4.69, 9.17) is 11.6 Å². The Balaban J connectivity index is 1.97. The van der Waals surface area contributed by atoms with Crippen molar-refractivity contribution in [3.8, 4) is 0 Å². The van der Waals surface area contributed by atoms with Crippen molar-refractivity contribution in [1.29, 1.82) is 0 Å². The third kappa shape index (κ3) is 4.02. The first kappa shape index (κ1) is 14.0. The summed E-state index contributed by atoms with van der Waals surface area (Å²) in [5.41, 5.74) is 0.987. The monoisotopic (exact) mass is 296 g/mol. The number of hydrogen-bond donors (Lipinski definition) is 1. The van der Waals surface area contributed by atoms with Gasteiger partial charge in [-0.15, -0.1) is 0 Å². The number of aromatic nitrogens is 1. The number of halogens is 1. The van der Waals surface area contributed by atoms with Gasteiger partial charge in [0.1, 0.15) is 0 Å². The Morgan fingerprint density at radius 1 is 1.16 bits per heavy atom. The first-order chi connectivity index (χ1) is 9.08. The number of hydrogen-bond acceptors (Lipinski definition) is 3. The van der Waals surface area contributed by atoms with Crippen LogP contribution in [-0.4, -0.2) is 19.9 Å². The molecule has 0 unspecified atom stereocenters. The summed E-state index contributed by atoms with van der Waals surface area (Å²) in [5, 5.41) is 0.509. The molecule has 1 aromatic carbocycles. The van der Waals surface area contributed by atoms with Crippen LogP contribution in [0.3, 0.4) is 0 Å². The Labute approximate surface area is 117 Å². The second-order valence-electron chi connectivity index (χ2n) is 3.96. The zero-order chi connectivity index (χ0) is 13.7. The minimum Gasteiger partial charge on any atom is -0.264 e. The lowest BCUT2D eigenvalue weighted by atomic mass is 10.2. The van der Waals surface area contributed by atoms with Crippen molar-refractivity contribution in [1.82, 2.24) is 9.71 Å². The molecule has 1 aromatic heterocycles. The van der Waals surface area contributed by atoms with E-state index in [1.807, 2.05) is 12.1 Å². The van der Waals surface area contributed by atoms with Crippen LogP contribution in [0.15, 0.2) is 53.7 Å². The molecule has 0 fully saturated rings. The molecule has 0 saturated heterocycles. The van der Waals surface area contributed by atoms with Gasteiger partial charge in [-0.2, -0.15) is 0 Å². The average Bonchev–Trinajstić information content (AvgIpc) is 2.40. The third-order valence-electron chi connectivity index (χ3n) is 2.55. The van der Waals surface area contributed by atoms with Gasteiger partial charge in [0.2, 0.25) is 10.0 Å². The fraction of sp³-hybridized carbons (Fsp3) is 0.154. The van der Waals surface area contributed by atoms with Gasteiger partial charge in [-0.3, -0.25) is 4.98 Å². The van der Waals surface area contributed by atoms with Crippen LogP contribution >= 0.6 is 11.6 Å². The maximum absolute atomic E-state index is 12.0. The molecule has 2 rings (SSSR count). The largest absolute Gasteiger partial charge is 0.264 e. The van der Waals surface area contributed by atoms with Gasteiger partial charge in [0, 0.05) is 24.0 Å². The molecule has 19 heavy (non-hydrogen) atoms. The lowest BCUT2D eigenvalue weighted by molar-refractivity contribution is 0.581. The highest BCUT2D eigenvalue weighted by molar-refractivity contribution is 7.89. The molecule has 0 bridgehead atoms. The van der Waals surface area contributed by atoms with E-state index in [9.17, 15) is 8.42 Å². The van der Waals surface area contributed by atoms with Crippen LogP contribution < -0.4 is 4.72 Å². The van der Waals surface area contributed by atoms with Crippen LogP contribution in [0.1, 0.15) is 5.56 Å². The van der Waals surface area contributed by atoms with Gasteiger partial charge in [0.05, 0.1) is 4.90 Å². The highest BCUT2D eigenvalue weighted by atomic mass is 35.5. The van der Waals surface area contributed by atoms with E-state index >= 15 is 0 Å². The molecule has 0 saturated carbocycles. The standard InChI is InChI=1S/C13H13ClN2O2S/c14-12-3-5-13(6-4-12)19(17,18)16-9-7-11-2-1-8-15-10-11/h1-6,8,10,16H,7,9H2. The summed E-state index contributed by atoms with van der Waals surface area (Å²) < 4.78 is 26.5. The topological polar surface area (TPSA) is 59.1 Å². The van der Waals surface area contributed by atoms with Crippen molar-refractivity contribution < 1.29 is 8.42 Å². The summed E-state index contributed by atoms with van der Waals surface area (Å²) in [7, 11) is -3.48. The lowest BCUT2D eigenvalue weighted by Gasteiger charge is -2.06. The number of benzene rings is 1. The zero-order valence-electron chi connectivity index (χ0n) is 10.1. The first-order valence-corrected chi connectivity index (χ1v) is 7.58. The number of nitrogens with zero attached hydrogens (tertiary/aromatic N) is 1. The summed E-state index contributed by atoms with van der Waals surface area (Å²) in [6, 6.07) is 9.80. The molecule has 0 amide bonds. The molecule has 2 aromatic rings. The van der Waals surface area contributed by atoms with Gasteiger partial charge >= 0.3 is 0 Å². The molecule has 1 N–H and O–H groups in total. The summed E-state index contributed by atoms with van der Waals surface area (Å²) in [6.45, 7) is 0.330. The van der Waals surface area contributed by atoms with E-state index in [0.29, 0.717) is 18.0 Å². The molecule has 6 heteroatoms. The summed E-state index contributed by atoms with van der Waals surface area (Å²) in [5.74, 6) is 0. The molecule has 1 heterocycles. The van der Waals surface area contributed by atoms with E-state index in [2.05, 4.69) is 9.71 Å². The van der Waals surface area contributed by atoms with E-state index < -0.39 is 10.0 Å². The molecular weight excluding hydrogens is 284 g/mol. The number of nitrogens with one attached hydrogen (secondary N) is 1. The van der Waals surface area contributed by atoms with Crippen molar-refractivity contribution in [2.24, 2.45) is 0 Å². The summed E-state index contributed by atoms with van der Waals surface area (Å²) in [6.07, 6.45) is 4.00. The Hall–Kier alpha value is -1.43. The maximum Gasteiger partial charge on any atom is 0.240 e. The van der Waals surface area contributed by atoms with E-state index in [1.54, 1.807) is 24.5 Å². The maximum atomic E-state index is 12.0. The molecule has 0 aliphatic carbocycles. The molecule has 0 atom stereocenters. The summed E-state index contributed by atoms with van der Waals surface area (Å²) in [4.78, 5) is 4.19. The Morgan fingerprint density at radius 2 is 1.89 bits per heavy atom. The van der Waals surface area contributed by atoms with Crippen molar-refractivity contribution >= 4 is 21.6 Å². The SMILES string of the molecule is O=S(=O)(NCCc1cccnc1)c1ccc(Cl)cc1. The lowest BCUT2D eigenvalue weighted by Crippen LogP contribution is -2.25. The van der Waals surface area contributed by atoms with E-state index in [0.717, 1.165) is 5.56 Å². The van der Waals surface area contributed by atoms with Gasteiger partial charge in [0.25, 0.3) is 0 Å². The fourth-order valence-corrected chi connectivity index (χ4v) is 2.73. The molecular formula is C13H13ClN2O2S. The van der Waals surface area contributed by atoms with Crippen molar-refractivity contribution in [2.75, 3.05) is 6.54 Å². The predicted molar refractivity (Wildman–Crippen MR) is 74.6 cm³/mol. The fourth-order valence-electron chi connectivity index (χ4n) is 1.57. The normalized spacial score (nSPS) is 11.4. The second kappa shape index (κ2) is 6.14. The zero-order valence-corrected chi connectivity index (χ0v) is 11.7. The van der Waals surface area contributed by atoms with Crippen LogP contribution in [0.5, 0.6) is 0 Å². The van der Waals surface area contributed by atoms with E-state index in [-0.39, 0.29) is 4.90 Å². The second-order valence-corrected chi connectivity index (χ2v) is 6.17. The molecule has 0 radical (unpaired) electrons. The number of pyridine rings is 1. The van der Waals surface area contributed by atoms with Gasteiger partial charge < -0.3 is 0 Å².